The molecule has 2 amide bonds. The molecule has 212 valence electrons. The van der Waals surface area contributed by atoms with Gasteiger partial charge in [0.2, 0.25) is 0 Å². The summed E-state index contributed by atoms with van der Waals surface area (Å²) in [6, 6.07) is 14.0. The lowest BCUT2D eigenvalue weighted by molar-refractivity contribution is -0.246. The zero-order valence-electron chi connectivity index (χ0n) is 22.3. The van der Waals surface area contributed by atoms with Crippen molar-refractivity contribution in [3.63, 3.8) is 0 Å². The lowest BCUT2D eigenvalue weighted by atomic mass is 9.93. The lowest BCUT2D eigenvalue weighted by Crippen LogP contribution is -2.65. The van der Waals surface area contributed by atoms with Crippen LogP contribution in [0.2, 0.25) is 0 Å². The molecular weight excluding hydrogens is 536 g/mol. The van der Waals surface area contributed by atoms with Gasteiger partial charge in [0.15, 0.2) is 18.4 Å². The van der Waals surface area contributed by atoms with Crippen LogP contribution in [0.5, 0.6) is 0 Å². The number of hydrogen-bond acceptors (Lipinski definition) is 11. The summed E-state index contributed by atoms with van der Waals surface area (Å²) in [6.45, 7) is 3.08. The number of aromatic nitrogens is 3. The molecule has 3 aromatic rings. The average molecular weight is 563 g/mol. The Morgan fingerprint density at radius 2 is 1.41 bits per heavy atom. The molecule has 0 saturated carbocycles. The Labute approximate surface area is 233 Å². The molecule has 13 nitrogen and oxygen atoms in total. The second kappa shape index (κ2) is 11.3. The van der Waals surface area contributed by atoms with Gasteiger partial charge in [-0.05, 0) is 12.1 Å². The molecule has 0 radical (unpaired) electrons. The molecule has 0 spiro atoms. The maximum Gasteiger partial charge on any atom is 0.303 e. The topological polar surface area (TPSA) is 156 Å². The molecule has 0 unspecified atom stereocenters. The van der Waals surface area contributed by atoms with Crippen molar-refractivity contribution < 1.29 is 42.9 Å². The summed E-state index contributed by atoms with van der Waals surface area (Å²) >= 11 is 0. The normalized spacial score (nSPS) is 23.6. The summed E-state index contributed by atoms with van der Waals surface area (Å²) in [5.74, 6) is -3.49. The number of esters is 3. The van der Waals surface area contributed by atoms with Gasteiger partial charge in [-0.1, -0.05) is 47.7 Å². The minimum absolute atomic E-state index is 0.146. The quantitative estimate of drug-likeness (QED) is 0.235. The van der Waals surface area contributed by atoms with Gasteiger partial charge in [0, 0.05) is 26.3 Å². The summed E-state index contributed by atoms with van der Waals surface area (Å²) < 4.78 is 23.9. The standard InChI is InChI=1S/C28H26N4O9/c1-15(33)38-14-22-24(39-16(2)34)25(40-17(3)35)23(32-26(36)19-11-7-8-12-20(19)27(32)37)28(41-22)31-13-21(29-30-31)18-9-5-4-6-10-18/h4-13,22-25,28H,14H2,1-3H3/t22-,23-,24-,25-,28+/m1/s1. The Bertz CT molecular complexity index is 1470. The molecule has 2 aliphatic heterocycles. The van der Waals surface area contributed by atoms with E-state index in [9.17, 15) is 24.0 Å². The minimum Gasteiger partial charge on any atom is -0.463 e. The Morgan fingerprint density at radius 1 is 0.829 bits per heavy atom. The molecule has 0 bridgehead atoms. The number of carbonyl (C=O) groups is 5. The van der Waals surface area contributed by atoms with E-state index in [1.54, 1.807) is 18.3 Å². The molecule has 0 N–H and O–H groups in total. The van der Waals surface area contributed by atoms with Crippen molar-refractivity contribution in [3.8, 4) is 11.3 Å². The third-order valence-electron chi connectivity index (χ3n) is 6.65. The van der Waals surface area contributed by atoms with Crippen molar-refractivity contribution in [1.29, 1.82) is 0 Å². The Morgan fingerprint density at radius 3 is 2.00 bits per heavy atom. The molecule has 3 heterocycles. The molecule has 1 saturated heterocycles. The number of imide groups is 1. The van der Waals surface area contributed by atoms with Gasteiger partial charge < -0.3 is 18.9 Å². The Balaban J connectivity index is 1.65. The van der Waals surface area contributed by atoms with Crippen molar-refractivity contribution >= 4 is 29.7 Å². The monoisotopic (exact) mass is 562 g/mol. The van der Waals surface area contributed by atoms with Crippen LogP contribution in [0.15, 0.2) is 60.8 Å². The first-order valence-electron chi connectivity index (χ1n) is 12.7. The number of fused-ring (bicyclic) bond motifs is 1. The van der Waals surface area contributed by atoms with Crippen molar-refractivity contribution in [3.05, 3.63) is 71.9 Å². The smallest absolute Gasteiger partial charge is 0.303 e. The maximum atomic E-state index is 13.7. The van der Waals surface area contributed by atoms with Crippen LogP contribution in [0.3, 0.4) is 0 Å². The van der Waals surface area contributed by atoms with Gasteiger partial charge in [-0.3, -0.25) is 28.9 Å². The number of ether oxygens (including phenoxy) is 4. The van der Waals surface area contributed by atoms with Crippen LogP contribution in [-0.2, 0) is 33.3 Å². The second-order valence-electron chi connectivity index (χ2n) is 9.48. The highest BCUT2D eigenvalue weighted by atomic mass is 16.6. The third-order valence-corrected chi connectivity index (χ3v) is 6.65. The SMILES string of the molecule is CC(=O)OC[C@H]1O[C@H](n2cc(-c3ccccc3)nn2)[C@H](N2C(=O)c3ccccc3C2=O)[C@@H](OC(C)=O)[C@@H]1OC(C)=O. The van der Waals surface area contributed by atoms with Gasteiger partial charge in [0.1, 0.15) is 24.4 Å². The lowest BCUT2D eigenvalue weighted by Gasteiger charge is -2.47. The molecule has 5 rings (SSSR count). The minimum atomic E-state index is -1.43. The Hall–Kier alpha value is -4.91. The van der Waals surface area contributed by atoms with E-state index in [4.69, 9.17) is 18.9 Å². The molecular formula is C28H26N4O9. The van der Waals surface area contributed by atoms with Gasteiger partial charge in [0.05, 0.1) is 17.3 Å². The predicted molar refractivity (Wildman–Crippen MR) is 138 cm³/mol. The first kappa shape index (κ1) is 27.6. The first-order chi connectivity index (χ1) is 19.7. The fourth-order valence-corrected chi connectivity index (χ4v) is 5.02. The fraction of sp³-hybridized carbons (Fsp3) is 0.321. The zero-order valence-corrected chi connectivity index (χ0v) is 22.3. The van der Waals surface area contributed by atoms with Gasteiger partial charge in [0.25, 0.3) is 11.8 Å². The summed E-state index contributed by atoms with van der Waals surface area (Å²) in [7, 11) is 0. The van der Waals surface area contributed by atoms with Crippen LogP contribution in [0.25, 0.3) is 11.3 Å². The zero-order chi connectivity index (χ0) is 29.3. The van der Waals surface area contributed by atoms with Crippen LogP contribution in [-0.4, -0.2) is 80.6 Å². The number of nitrogens with zero attached hydrogens (tertiary/aromatic N) is 4. The van der Waals surface area contributed by atoms with Gasteiger partial charge in [-0.25, -0.2) is 4.68 Å². The molecule has 0 aliphatic carbocycles. The summed E-state index contributed by atoms with van der Waals surface area (Å²) in [5.41, 5.74) is 1.48. The van der Waals surface area contributed by atoms with Crippen molar-refractivity contribution in [2.75, 3.05) is 6.61 Å². The highest BCUT2D eigenvalue weighted by Crippen LogP contribution is 2.39. The van der Waals surface area contributed by atoms with E-state index in [2.05, 4.69) is 10.3 Å². The highest BCUT2D eigenvalue weighted by Gasteiger charge is 2.57. The van der Waals surface area contributed by atoms with Crippen molar-refractivity contribution in [2.24, 2.45) is 0 Å². The van der Waals surface area contributed by atoms with E-state index in [-0.39, 0.29) is 11.1 Å². The maximum absolute atomic E-state index is 13.7. The molecule has 2 aromatic carbocycles. The largest absolute Gasteiger partial charge is 0.463 e. The Kier molecular flexibility index (Phi) is 7.62. The summed E-state index contributed by atoms with van der Waals surface area (Å²) in [5, 5.41) is 8.42. The van der Waals surface area contributed by atoms with E-state index in [1.807, 2.05) is 30.3 Å². The number of benzene rings is 2. The number of carbonyl (C=O) groups excluding carboxylic acids is 5. The third kappa shape index (κ3) is 5.43. The first-order valence-corrected chi connectivity index (χ1v) is 12.7. The molecule has 2 aliphatic rings. The molecule has 1 fully saturated rings. The van der Waals surface area contributed by atoms with E-state index in [0.717, 1.165) is 24.3 Å². The van der Waals surface area contributed by atoms with E-state index in [1.165, 1.54) is 23.7 Å². The number of amides is 2. The van der Waals surface area contributed by atoms with Gasteiger partial charge in [-0.2, -0.15) is 0 Å². The molecule has 1 aromatic heterocycles. The highest BCUT2D eigenvalue weighted by molar-refractivity contribution is 6.21. The molecule has 41 heavy (non-hydrogen) atoms. The van der Waals surface area contributed by atoms with Crippen LogP contribution in [0.4, 0.5) is 0 Å². The summed E-state index contributed by atoms with van der Waals surface area (Å²) in [6.07, 6.45) is -3.71. The van der Waals surface area contributed by atoms with Crippen LogP contribution in [0, 0.1) is 0 Å². The van der Waals surface area contributed by atoms with Crippen LogP contribution in [0.1, 0.15) is 47.7 Å². The van der Waals surface area contributed by atoms with Crippen LogP contribution >= 0.6 is 0 Å². The number of rotatable bonds is 7. The van der Waals surface area contributed by atoms with Crippen molar-refractivity contribution in [2.45, 2.75) is 51.4 Å². The molecule has 13 heteroatoms. The van der Waals surface area contributed by atoms with E-state index in [0.29, 0.717) is 5.69 Å². The van der Waals surface area contributed by atoms with Crippen LogP contribution < -0.4 is 0 Å². The average Bonchev–Trinajstić information content (AvgIpc) is 3.52. The number of hydrogen-bond donors (Lipinski definition) is 0. The van der Waals surface area contributed by atoms with E-state index < -0.39 is 66.9 Å². The fourth-order valence-electron chi connectivity index (χ4n) is 5.02. The van der Waals surface area contributed by atoms with E-state index >= 15 is 0 Å². The van der Waals surface area contributed by atoms with Gasteiger partial charge in [-0.15, -0.1) is 5.10 Å². The van der Waals surface area contributed by atoms with Crippen molar-refractivity contribution in [1.82, 2.24) is 19.9 Å². The second-order valence-corrected chi connectivity index (χ2v) is 9.48. The molecule has 5 atom stereocenters. The predicted octanol–water partition coefficient (Wildman–Crippen LogP) is 1.93. The summed E-state index contributed by atoms with van der Waals surface area (Å²) in [4.78, 5) is 64.5. The van der Waals surface area contributed by atoms with Gasteiger partial charge >= 0.3 is 17.9 Å².